The summed E-state index contributed by atoms with van der Waals surface area (Å²) in [6.45, 7) is 0. The summed E-state index contributed by atoms with van der Waals surface area (Å²) >= 11 is 4.55. The molecule has 1 amide bonds. The fourth-order valence-corrected chi connectivity index (χ4v) is 5.53. The molecule has 0 spiro atoms. The molecule has 0 aliphatic rings. The van der Waals surface area contributed by atoms with Gasteiger partial charge in [0.2, 0.25) is 5.13 Å². The summed E-state index contributed by atoms with van der Waals surface area (Å²) < 4.78 is 0.813. The van der Waals surface area contributed by atoms with Gasteiger partial charge in [0.1, 0.15) is 0 Å². The van der Waals surface area contributed by atoms with E-state index in [1.807, 2.05) is 54.6 Å². The van der Waals surface area contributed by atoms with Gasteiger partial charge in [-0.25, -0.2) is 0 Å². The van der Waals surface area contributed by atoms with E-state index in [0.29, 0.717) is 22.0 Å². The van der Waals surface area contributed by atoms with Gasteiger partial charge < -0.3 is 0 Å². The van der Waals surface area contributed by atoms with Crippen molar-refractivity contribution in [3.63, 3.8) is 0 Å². The number of carbonyl (C=O) groups excluding carboxylic acids is 1. The molecule has 0 radical (unpaired) electrons. The molecule has 8 heteroatoms. The maximum atomic E-state index is 12.9. The molecule has 0 aliphatic carbocycles. The van der Waals surface area contributed by atoms with Gasteiger partial charge in [-0.2, -0.15) is 5.26 Å². The number of nitrogens with one attached hydrogen (secondary N) is 1. The lowest BCUT2D eigenvalue weighted by molar-refractivity contribution is 0.102. The Morgan fingerprint density at radius 3 is 2.34 bits per heavy atom. The zero-order valence-corrected chi connectivity index (χ0v) is 19.3. The van der Waals surface area contributed by atoms with Crippen LogP contribution in [0.15, 0.2) is 88.1 Å². The van der Waals surface area contributed by atoms with E-state index in [1.54, 1.807) is 35.7 Å². The summed E-state index contributed by atoms with van der Waals surface area (Å²) in [6.07, 6.45) is 0. The Kier molecular flexibility index (Phi) is 7.56. The lowest BCUT2D eigenvalue weighted by atomic mass is 10.2. The Hall–Kier alpha value is -3.12. The number of hydrogen-bond acceptors (Lipinski definition) is 7. The number of benzene rings is 3. The number of aromatic nitrogens is 2. The maximum Gasteiger partial charge on any atom is 0.258 e. The van der Waals surface area contributed by atoms with Crippen LogP contribution in [0.1, 0.15) is 27.0 Å². The molecule has 3 aromatic carbocycles. The summed E-state index contributed by atoms with van der Waals surface area (Å²) in [7, 11) is 0. The molecule has 0 fully saturated rings. The molecule has 0 aliphatic heterocycles. The average molecular weight is 475 g/mol. The molecule has 1 N–H and O–H groups in total. The molecule has 0 saturated carbocycles. The van der Waals surface area contributed by atoms with Crippen LogP contribution in [-0.2, 0) is 11.5 Å². The highest BCUT2D eigenvalue weighted by Gasteiger charge is 2.14. The van der Waals surface area contributed by atoms with Gasteiger partial charge in [-0.3, -0.25) is 10.1 Å². The molecule has 0 saturated heterocycles. The van der Waals surface area contributed by atoms with Crippen LogP contribution in [0.5, 0.6) is 0 Å². The SMILES string of the molecule is N#Cc1ccc(CSc2ccccc2C(=O)Nc2nnc(SCc3ccccc3)s2)cc1. The highest BCUT2D eigenvalue weighted by molar-refractivity contribution is 8.00. The van der Waals surface area contributed by atoms with Crippen molar-refractivity contribution in [2.24, 2.45) is 0 Å². The summed E-state index contributed by atoms with van der Waals surface area (Å²) in [5, 5.41) is 20.6. The number of rotatable bonds is 8. The zero-order chi connectivity index (χ0) is 22.2. The molecular weight excluding hydrogens is 456 g/mol. The number of nitrogens with zero attached hydrogens (tertiary/aromatic N) is 3. The number of amides is 1. The third-order valence-corrected chi connectivity index (χ3v) is 7.63. The Labute approximate surface area is 198 Å². The number of thioether (sulfide) groups is 2. The Balaban J connectivity index is 1.37. The van der Waals surface area contributed by atoms with Gasteiger partial charge >= 0.3 is 0 Å². The number of hydrogen-bond donors (Lipinski definition) is 1. The molecular formula is C24H18N4OS3. The molecule has 5 nitrogen and oxygen atoms in total. The molecule has 1 aromatic heterocycles. The largest absolute Gasteiger partial charge is 0.296 e. The minimum atomic E-state index is -0.205. The normalized spacial score (nSPS) is 10.5. The van der Waals surface area contributed by atoms with Crippen molar-refractivity contribution in [3.05, 3.63) is 101 Å². The van der Waals surface area contributed by atoms with Gasteiger partial charge in [0, 0.05) is 16.4 Å². The van der Waals surface area contributed by atoms with Gasteiger partial charge in [-0.15, -0.1) is 22.0 Å². The van der Waals surface area contributed by atoms with Crippen molar-refractivity contribution in [1.82, 2.24) is 10.2 Å². The monoisotopic (exact) mass is 474 g/mol. The van der Waals surface area contributed by atoms with E-state index >= 15 is 0 Å². The predicted octanol–water partition coefficient (Wildman–Crippen LogP) is 6.25. The van der Waals surface area contributed by atoms with Gasteiger partial charge in [0.15, 0.2) is 4.34 Å². The zero-order valence-electron chi connectivity index (χ0n) is 16.9. The van der Waals surface area contributed by atoms with Crippen molar-refractivity contribution in [1.29, 1.82) is 5.26 Å². The van der Waals surface area contributed by atoms with E-state index in [4.69, 9.17) is 5.26 Å². The number of carbonyl (C=O) groups is 1. The van der Waals surface area contributed by atoms with Crippen LogP contribution < -0.4 is 5.32 Å². The fourth-order valence-electron chi connectivity index (χ4n) is 2.82. The van der Waals surface area contributed by atoms with Crippen LogP contribution in [-0.4, -0.2) is 16.1 Å². The highest BCUT2D eigenvalue weighted by Crippen LogP contribution is 2.30. The van der Waals surface area contributed by atoms with Crippen LogP contribution in [0.4, 0.5) is 5.13 Å². The summed E-state index contributed by atoms with van der Waals surface area (Å²) in [5.74, 6) is 1.30. The lowest BCUT2D eigenvalue weighted by Crippen LogP contribution is -2.12. The topological polar surface area (TPSA) is 78.7 Å². The van der Waals surface area contributed by atoms with Crippen LogP contribution >= 0.6 is 34.9 Å². The van der Waals surface area contributed by atoms with E-state index in [9.17, 15) is 4.79 Å². The highest BCUT2D eigenvalue weighted by atomic mass is 32.2. The lowest BCUT2D eigenvalue weighted by Gasteiger charge is -2.08. The van der Waals surface area contributed by atoms with Crippen molar-refractivity contribution >= 4 is 45.9 Å². The van der Waals surface area contributed by atoms with Crippen LogP contribution in [0, 0.1) is 11.3 Å². The second-order valence-electron chi connectivity index (χ2n) is 6.70. The molecule has 4 rings (SSSR count). The fraction of sp³-hybridized carbons (Fsp3) is 0.0833. The van der Waals surface area contributed by atoms with E-state index < -0.39 is 0 Å². The standard InChI is InChI=1S/C24H18N4OS3/c25-14-17-10-12-19(13-11-17)15-30-21-9-5-4-8-20(21)22(29)26-23-27-28-24(32-23)31-16-18-6-2-1-3-7-18/h1-13H,15-16H2,(H,26,27,29). The molecule has 158 valence electrons. The van der Waals surface area contributed by atoms with Gasteiger partial charge in [-0.05, 0) is 35.4 Å². The van der Waals surface area contributed by atoms with Crippen LogP contribution in [0.3, 0.4) is 0 Å². The summed E-state index contributed by atoms with van der Waals surface area (Å²) in [6, 6.07) is 27.3. The molecule has 4 aromatic rings. The first-order valence-corrected chi connectivity index (χ1v) is 12.5. The van der Waals surface area contributed by atoms with Crippen molar-refractivity contribution < 1.29 is 4.79 Å². The first-order chi connectivity index (χ1) is 15.7. The quantitative estimate of drug-likeness (QED) is 0.240. The van der Waals surface area contributed by atoms with E-state index in [-0.39, 0.29) is 5.91 Å². The average Bonchev–Trinajstić information content (AvgIpc) is 3.29. The van der Waals surface area contributed by atoms with Crippen molar-refractivity contribution in [2.75, 3.05) is 5.32 Å². The maximum absolute atomic E-state index is 12.9. The molecule has 0 atom stereocenters. The number of nitriles is 1. The Bertz CT molecular complexity index is 1230. The summed E-state index contributed by atoms with van der Waals surface area (Å²) in [5.41, 5.74) is 3.54. The first-order valence-electron chi connectivity index (χ1n) is 9.74. The van der Waals surface area contributed by atoms with Crippen LogP contribution in [0.2, 0.25) is 0 Å². The van der Waals surface area contributed by atoms with Crippen molar-refractivity contribution in [3.8, 4) is 6.07 Å². The van der Waals surface area contributed by atoms with E-state index in [0.717, 1.165) is 20.6 Å². The van der Waals surface area contributed by atoms with E-state index in [1.165, 1.54) is 16.9 Å². The molecule has 32 heavy (non-hydrogen) atoms. The second-order valence-corrected chi connectivity index (χ2v) is 9.91. The summed E-state index contributed by atoms with van der Waals surface area (Å²) in [4.78, 5) is 13.8. The first kappa shape index (κ1) is 22.1. The third-order valence-electron chi connectivity index (χ3n) is 4.44. The molecule has 0 unspecified atom stereocenters. The second kappa shape index (κ2) is 11.0. The van der Waals surface area contributed by atoms with Gasteiger partial charge in [-0.1, -0.05) is 77.7 Å². The van der Waals surface area contributed by atoms with Gasteiger partial charge in [0.25, 0.3) is 5.91 Å². The minimum Gasteiger partial charge on any atom is -0.296 e. The van der Waals surface area contributed by atoms with Crippen LogP contribution in [0.25, 0.3) is 0 Å². The minimum absolute atomic E-state index is 0.205. The molecule has 0 bridgehead atoms. The Morgan fingerprint density at radius 2 is 1.56 bits per heavy atom. The predicted molar refractivity (Wildman–Crippen MR) is 131 cm³/mol. The third kappa shape index (κ3) is 5.98. The Morgan fingerprint density at radius 1 is 0.875 bits per heavy atom. The smallest absolute Gasteiger partial charge is 0.258 e. The van der Waals surface area contributed by atoms with Crippen molar-refractivity contribution in [2.45, 2.75) is 20.7 Å². The van der Waals surface area contributed by atoms with Gasteiger partial charge in [0.05, 0.1) is 17.2 Å². The van der Waals surface area contributed by atoms with E-state index in [2.05, 4.69) is 33.7 Å². The number of anilines is 1. The molecule has 1 heterocycles.